The lowest BCUT2D eigenvalue weighted by Gasteiger charge is -2.35. The van der Waals surface area contributed by atoms with Gasteiger partial charge in [0.1, 0.15) is 12.1 Å². The molecule has 8 nitrogen and oxygen atoms in total. The number of nitrogens with zero attached hydrogens (tertiary/aromatic N) is 1. The van der Waals surface area contributed by atoms with Crippen molar-refractivity contribution in [1.29, 1.82) is 0 Å². The minimum absolute atomic E-state index is 0.0414. The molecule has 1 heterocycles. The second kappa shape index (κ2) is 11.4. The van der Waals surface area contributed by atoms with Crippen LogP contribution in [0.2, 0.25) is 0 Å². The van der Waals surface area contributed by atoms with Crippen LogP contribution in [0.15, 0.2) is 30.3 Å². The SMILES string of the molecule is CCOC(=O)C(COCc1ccccc1)N[C@@H](C)C(=O)N1C(C(=O)O)CC2CCCCC21. The number of carboxylic acid groups (broad SMARTS) is 1. The Kier molecular flexibility index (Phi) is 8.64. The molecule has 1 aliphatic carbocycles. The van der Waals surface area contributed by atoms with E-state index in [0.29, 0.717) is 13.0 Å². The van der Waals surface area contributed by atoms with E-state index < -0.39 is 30.1 Å². The number of hydrogen-bond acceptors (Lipinski definition) is 6. The Labute approximate surface area is 189 Å². The second-order valence-electron chi connectivity index (χ2n) is 8.64. The van der Waals surface area contributed by atoms with E-state index in [1.54, 1.807) is 18.7 Å². The van der Waals surface area contributed by atoms with E-state index in [9.17, 15) is 19.5 Å². The predicted octanol–water partition coefficient (Wildman–Crippen LogP) is 2.36. The highest BCUT2D eigenvalue weighted by atomic mass is 16.5. The Morgan fingerprint density at radius 2 is 1.91 bits per heavy atom. The van der Waals surface area contributed by atoms with Gasteiger partial charge in [-0.2, -0.15) is 0 Å². The molecule has 4 unspecified atom stereocenters. The first-order chi connectivity index (χ1) is 15.4. The van der Waals surface area contributed by atoms with E-state index in [1.165, 1.54) is 0 Å². The van der Waals surface area contributed by atoms with Crippen LogP contribution in [-0.4, -0.2) is 65.2 Å². The molecular weight excluding hydrogens is 412 g/mol. The second-order valence-corrected chi connectivity index (χ2v) is 8.64. The molecule has 2 N–H and O–H groups in total. The summed E-state index contributed by atoms with van der Waals surface area (Å²) in [5.74, 6) is -1.51. The van der Waals surface area contributed by atoms with Crippen molar-refractivity contribution in [2.75, 3.05) is 13.2 Å². The van der Waals surface area contributed by atoms with Gasteiger partial charge in [0.2, 0.25) is 5.91 Å². The summed E-state index contributed by atoms with van der Waals surface area (Å²) in [5, 5.41) is 12.8. The standard InChI is InChI=1S/C24H34N2O6/c1-3-32-24(30)19(15-31-14-17-9-5-4-6-10-17)25-16(2)22(27)26-20-12-8-7-11-18(20)13-21(26)23(28)29/h4-6,9-10,16,18-21,25H,3,7-8,11-15H2,1-2H3,(H,28,29)/t16-,18?,19?,20?,21?/m0/s1. The van der Waals surface area contributed by atoms with Gasteiger partial charge in [0.05, 0.1) is 25.9 Å². The van der Waals surface area contributed by atoms with Gasteiger partial charge in [-0.05, 0) is 44.6 Å². The van der Waals surface area contributed by atoms with Crippen LogP contribution in [0.1, 0.15) is 51.5 Å². The third kappa shape index (κ3) is 5.86. The molecule has 1 saturated carbocycles. The number of aliphatic carboxylic acids is 1. The van der Waals surface area contributed by atoms with Gasteiger partial charge in [0.15, 0.2) is 0 Å². The van der Waals surface area contributed by atoms with E-state index in [-0.39, 0.29) is 31.1 Å². The van der Waals surface area contributed by atoms with Gasteiger partial charge in [0.25, 0.3) is 0 Å². The maximum absolute atomic E-state index is 13.3. The van der Waals surface area contributed by atoms with Crippen molar-refractivity contribution in [3.05, 3.63) is 35.9 Å². The largest absolute Gasteiger partial charge is 0.480 e. The average molecular weight is 447 g/mol. The molecule has 2 fully saturated rings. The number of hydrogen-bond donors (Lipinski definition) is 2. The minimum atomic E-state index is -0.965. The van der Waals surface area contributed by atoms with Crippen LogP contribution >= 0.6 is 0 Å². The maximum atomic E-state index is 13.3. The zero-order valence-electron chi connectivity index (χ0n) is 18.9. The lowest BCUT2D eigenvalue weighted by Crippen LogP contribution is -2.56. The Hall–Kier alpha value is -2.45. The van der Waals surface area contributed by atoms with Crippen LogP contribution in [0.25, 0.3) is 0 Å². The van der Waals surface area contributed by atoms with Crippen molar-refractivity contribution in [3.8, 4) is 0 Å². The number of esters is 1. The number of likely N-dealkylation sites (tertiary alicyclic amines) is 1. The van der Waals surface area contributed by atoms with Gasteiger partial charge in [-0.3, -0.25) is 14.9 Å². The number of ether oxygens (including phenoxy) is 2. The molecule has 32 heavy (non-hydrogen) atoms. The summed E-state index contributed by atoms with van der Waals surface area (Å²) < 4.78 is 10.9. The molecule has 3 rings (SSSR count). The molecule has 1 aromatic rings. The summed E-state index contributed by atoms with van der Waals surface area (Å²) in [5.41, 5.74) is 0.976. The van der Waals surface area contributed by atoms with Gasteiger partial charge >= 0.3 is 11.9 Å². The third-order valence-corrected chi connectivity index (χ3v) is 6.42. The highest BCUT2D eigenvalue weighted by Gasteiger charge is 2.48. The number of benzene rings is 1. The molecule has 1 saturated heterocycles. The summed E-state index contributed by atoms with van der Waals surface area (Å²) in [6.07, 6.45) is 4.36. The quantitative estimate of drug-likeness (QED) is 0.532. The Morgan fingerprint density at radius 3 is 2.59 bits per heavy atom. The lowest BCUT2D eigenvalue weighted by atomic mass is 9.84. The molecule has 5 atom stereocenters. The fourth-order valence-corrected chi connectivity index (χ4v) is 4.89. The normalized spacial score (nSPS) is 24.4. The van der Waals surface area contributed by atoms with Crippen molar-refractivity contribution in [2.45, 2.75) is 76.7 Å². The molecule has 1 aromatic carbocycles. The fourth-order valence-electron chi connectivity index (χ4n) is 4.89. The summed E-state index contributed by atoms with van der Waals surface area (Å²) in [7, 11) is 0. The third-order valence-electron chi connectivity index (χ3n) is 6.42. The highest BCUT2D eigenvalue weighted by Crippen LogP contribution is 2.40. The summed E-state index contributed by atoms with van der Waals surface area (Å²) in [4.78, 5) is 39.2. The van der Waals surface area contributed by atoms with E-state index in [4.69, 9.17) is 9.47 Å². The number of amides is 1. The summed E-state index contributed by atoms with van der Waals surface area (Å²) in [6.45, 7) is 3.98. The monoisotopic (exact) mass is 446 g/mol. The van der Waals surface area contributed by atoms with Crippen molar-refractivity contribution in [1.82, 2.24) is 10.2 Å². The van der Waals surface area contributed by atoms with E-state index in [1.807, 2.05) is 30.3 Å². The average Bonchev–Trinajstić information content (AvgIpc) is 3.18. The molecule has 0 bridgehead atoms. The number of fused-ring (bicyclic) bond motifs is 1. The van der Waals surface area contributed by atoms with Crippen molar-refractivity contribution in [2.24, 2.45) is 5.92 Å². The van der Waals surface area contributed by atoms with Gasteiger partial charge in [-0.1, -0.05) is 43.2 Å². The van der Waals surface area contributed by atoms with Crippen molar-refractivity contribution >= 4 is 17.8 Å². The van der Waals surface area contributed by atoms with Crippen LogP contribution in [0, 0.1) is 5.92 Å². The zero-order valence-corrected chi connectivity index (χ0v) is 18.9. The number of nitrogens with one attached hydrogen (secondary N) is 1. The van der Waals surface area contributed by atoms with Crippen LogP contribution in [0.5, 0.6) is 0 Å². The van der Waals surface area contributed by atoms with Crippen LogP contribution in [0.3, 0.4) is 0 Å². The van der Waals surface area contributed by atoms with Crippen molar-refractivity contribution < 1.29 is 29.0 Å². The number of rotatable bonds is 10. The molecule has 0 aromatic heterocycles. The van der Waals surface area contributed by atoms with Gasteiger partial charge in [-0.15, -0.1) is 0 Å². The number of carboxylic acids is 1. The molecule has 2 aliphatic rings. The molecule has 1 aliphatic heterocycles. The zero-order chi connectivity index (χ0) is 23.1. The Bertz CT molecular complexity index is 786. The van der Waals surface area contributed by atoms with Crippen LogP contribution in [0.4, 0.5) is 0 Å². The topological polar surface area (TPSA) is 105 Å². The first-order valence-electron chi connectivity index (χ1n) is 11.5. The Balaban J connectivity index is 1.65. The lowest BCUT2D eigenvalue weighted by molar-refractivity contribution is -0.152. The fraction of sp³-hybridized carbons (Fsp3) is 0.625. The maximum Gasteiger partial charge on any atom is 0.326 e. The first-order valence-corrected chi connectivity index (χ1v) is 11.5. The molecule has 1 amide bonds. The van der Waals surface area contributed by atoms with Gasteiger partial charge in [0, 0.05) is 6.04 Å². The number of carbonyl (C=O) groups is 3. The van der Waals surface area contributed by atoms with Gasteiger partial charge in [-0.25, -0.2) is 4.79 Å². The van der Waals surface area contributed by atoms with Crippen LogP contribution in [-0.2, 0) is 30.5 Å². The smallest absolute Gasteiger partial charge is 0.326 e. The molecule has 176 valence electrons. The van der Waals surface area contributed by atoms with Crippen molar-refractivity contribution in [3.63, 3.8) is 0 Å². The molecule has 0 spiro atoms. The number of carbonyl (C=O) groups excluding carboxylic acids is 2. The van der Waals surface area contributed by atoms with E-state index >= 15 is 0 Å². The van der Waals surface area contributed by atoms with Gasteiger partial charge < -0.3 is 19.5 Å². The van der Waals surface area contributed by atoms with E-state index in [0.717, 1.165) is 31.2 Å². The Morgan fingerprint density at radius 1 is 1.19 bits per heavy atom. The highest BCUT2D eigenvalue weighted by molar-refractivity contribution is 5.88. The summed E-state index contributed by atoms with van der Waals surface area (Å²) >= 11 is 0. The first kappa shape index (κ1) is 24.2. The molecule has 8 heteroatoms. The predicted molar refractivity (Wildman–Crippen MR) is 118 cm³/mol. The van der Waals surface area contributed by atoms with Crippen LogP contribution < -0.4 is 5.32 Å². The molecule has 0 radical (unpaired) electrons. The van der Waals surface area contributed by atoms with E-state index in [2.05, 4.69) is 5.32 Å². The summed E-state index contributed by atoms with van der Waals surface area (Å²) in [6, 6.07) is 7.17. The molecular formula is C24H34N2O6. The minimum Gasteiger partial charge on any atom is -0.480 e.